The highest BCUT2D eigenvalue weighted by Crippen LogP contribution is 2.11. The summed E-state index contributed by atoms with van der Waals surface area (Å²) < 4.78 is 0. The number of rotatable bonds is 14. The number of aromatic hydroxyl groups is 1. The van der Waals surface area contributed by atoms with Gasteiger partial charge in [0.2, 0.25) is 23.6 Å². The summed E-state index contributed by atoms with van der Waals surface area (Å²) >= 11 is 0. The summed E-state index contributed by atoms with van der Waals surface area (Å²) in [6, 6.07) is 0.320. The largest absolute Gasteiger partial charge is 0.508 e. The highest BCUT2D eigenvalue weighted by atomic mass is 16.4. The Balaban J connectivity index is 2.82. The van der Waals surface area contributed by atoms with Gasteiger partial charge < -0.3 is 42.7 Å². The minimum atomic E-state index is -1.40. The predicted molar refractivity (Wildman–Crippen MR) is 120 cm³/mol. The van der Waals surface area contributed by atoms with Crippen LogP contribution in [0.15, 0.2) is 24.3 Å². The number of amides is 4. The van der Waals surface area contributed by atoms with Crippen LogP contribution in [0.4, 0.5) is 0 Å². The summed E-state index contributed by atoms with van der Waals surface area (Å²) in [7, 11) is 0. The van der Waals surface area contributed by atoms with Crippen LogP contribution in [0.5, 0.6) is 5.75 Å². The second-order valence-corrected chi connectivity index (χ2v) is 7.77. The molecule has 0 heterocycles. The molecule has 192 valence electrons. The third kappa shape index (κ3) is 10.5. The van der Waals surface area contributed by atoms with Gasteiger partial charge in [-0.15, -0.1) is 0 Å². The van der Waals surface area contributed by atoms with Crippen molar-refractivity contribution in [2.45, 2.75) is 56.8 Å². The van der Waals surface area contributed by atoms with Crippen molar-refractivity contribution in [2.75, 3.05) is 0 Å². The van der Waals surface area contributed by atoms with Gasteiger partial charge >= 0.3 is 11.9 Å². The number of aliphatic carboxylic acids is 2. The van der Waals surface area contributed by atoms with E-state index in [1.54, 1.807) is 0 Å². The number of phenolic OH excluding ortho intramolecular Hbond substituents is 1. The molecule has 0 bridgehead atoms. The van der Waals surface area contributed by atoms with Gasteiger partial charge in [-0.1, -0.05) is 12.1 Å². The van der Waals surface area contributed by atoms with Gasteiger partial charge in [-0.2, -0.15) is 0 Å². The Bertz CT molecular complexity index is 951. The highest BCUT2D eigenvalue weighted by molar-refractivity contribution is 5.95. The zero-order chi connectivity index (χ0) is 26.7. The third-order valence-corrected chi connectivity index (χ3v) is 4.78. The number of carbonyl (C=O) groups excluding carboxylic acids is 4. The summed E-state index contributed by atoms with van der Waals surface area (Å²) in [6.45, 7) is 1.27. The third-order valence-electron chi connectivity index (χ3n) is 4.78. The molecule has 14 nitrogen and oxygen atoms in total. The van der Waals surface area contributed by atoms with Crippen molar-refractivity contribution in [3.8, 4) is 5.75 Å². The van der Waals surface area contributed by atoms with Crippen molar-refractivity contribution in [1.82, 2.24) is 16.0 Å². The number of nitrogens with two attached hydrogens (primary N) is 2. The van der Waals surface area contributed by atoms with E-state index in [9.17, 15) is 39.0 Å². The van der Waals surface area contributed by atoms with Crippen molar-refractivity contribution < 1.29 is 44.1 Å². The molecule has 0 saturated carbocycles. The number of carboxylic acid groups (broad SMARTS) is 2. The lowest BCUT2D eigenvalue weighted by Crippen LogP contribution is -2.56. The first-order valence-electron chi connectivity index (χ1n) is 10.5. The fraction of sp³-hybridized carbons (Fsp3) is 0.429. The SMILES string of the molecule is CC(NC(=O)C(CCC(=O)O)NC(=O)C(N)CC(N)=O)C(=O)NC(Cc1ccc(O)cc1)C(=O)O. The van der Waals surface area contributed by atoms with Crippen LogP contribution >= 0.6 is 0 Å². The van der Waals surface area contributed by atoms with E-state index in [-0.39, 0.29) is 18.6 Å². The molecule has 10 N–H and O–H groups in total. The monoisotopic (exact) mass is 495 g/mol. The minimum Gasteiger partial charge on any atom is -0.508 e. The van der Waals surface area contributed by atoms with Crippen LogP contribution in [0.25, 0.3) is 0 Å². The van der Waals surface area contributed by atoms with Crippen LogP contribution in [-0.2, 0) is 35.2 Å². The van der Waals surface area contributed by atoms with Crippen molar-refractivity contribution in [3.63, 3.8) is 0 Å². The van der Waals surface area contributed by atoms with Gasteiger partial charge in [0, 0.05) is 12.8 Å². The van der Waals surface area contributed by atoms with Crippen LogP contribution in [0.3, 0.4) is 0 Å². The molecule has 1 aromatic carbocycles. The molecule has 0 aliphatic rings. The molecule has 35 heavy (non-hydrogen) atoms. The zero-order valence-corrected chi connectivity index (χ0v) is 18.9. The standard InChI is InChI=1S/C21H29N5O9/c1-10(18(31)26-15(21(34)35)8-11-2-4-12(27)5-3-11)24-20(33)14(6-7-17(29)30)25-19(32)13(22)9-16(23)28/h2-5,10,13-15,27H,6-9,22H2,1H3,(H2,23,28)(H,24,33)(H,25,32)(H,26,31)(H,29,30)(H,34,35). The average molecular weight is 495 g/mol. The van der Waals surface area contributed by atoms with Gasteiger partial charge in [0.05, 0.1) is 12.5 Å². The Labute approximate surface area is 200 Å². The number of carbonyl (C=O) groups is 6. The van der Waals surface area contributed by atoms with Crippen LogP contribution in [-0.4, -0.2) is 75.1 Å². The van der Waals surface area contributed by atoms with E-state index < -0.39 is 72.6 Å². The molecule has 4 atom stereocenters. The van der Waals surface area contributed by atoms with E-state index in [1.165, 1.54) is 31.2 Å². The Hall–Kier alpha value is -4.20. The zero-order valence-electron chi connectivity index (χ0n) is 18.9. The number of primary amides is 1. The van der Waals surface area contributed by atoms with Crippen molar-refractivity contribution in [1.29, 1.82) is 0 Å². The number of hydrogen-bond donors (Lipinski definition) is 8. The Morgan fingerprint density at radius 2 is 1.46 bits per heavy atom. The quantitative estimate of drug-likeness (QED) is 0.135. The fourth-order valence-corrected chi connectivity index (χ4v) is 2.87. The maximum atomic E-state index is 12.6. The normalized spacial score (nSPS) is 14.0. The number of phenols is 1. The minimum absolute atomic E-state index is 0.0129. The fourth-order valence-electron chi connectivity index (χ4n) is 2.87. The first kappa shape index (κ1) is 28.8. The molecule has 0 saturated heterocycles. The topological polar surface area (TPSA) is 251 Å². The van der Waals surface area contributed by atoms with Crippen LogP contribution in [0.2, 0.25) is 0 Å². The van der Waals surface area contributed by atoms with Gasteiger partial charge in [-0.05, 0) is 31.0 Å². The molecule has 1 aromatic rings. The van der Waals surface area contributed by atoms with Gasteiger partial charge in [-0.25, -0.2) is 4.79 Å². The highest BCUT2D eigenvalue weighted by Gasteiger charge is 2.29. The molecule has 0 radical (unpaired) electrons. The Kier molecular flexibility index (Phi) is 11.1. The summed E-state index contributed by atoms with van der Waals surface area (Å²) in [6.07, 6.45) is -1.45. The number of nitrogens with one attached hydrogen (secondary N) is 3. The van der Waals surface area contributed by atoms with E-state index in [1.807, 2.05) is 0 Å². The number of hydrogen-bond acceptors (Lipinski definition) is 8. The van der Waals surface area contributed by atoms with E-state index in [0.717, 1.165) is 0 Å². The summed E-state index contributed by atoms with van der Waals surface area (Å²) in [5, 5.41) is 34.4. The number of benzene rings is 1. The molecule has 0 aromatic heterocycles. The lowest BCUT2D eigenvalue weighted by atomic mass is 10.1. The van der Waals surface area contributed by atoms with Gasteiger partial charge in [0.1, 0.15) is 23.9 Å². The Morgan fingerprint density at radius 3 is 1.97 bits per heavy atom. The van der Waals surface area contributed by atoms with E-state index in [2.05, 4.69) is 16.0 Å². The maximum absolute atomic E-state index is 12.6. The lowest BCUT2D eigenvalue weighted by Gasteiger charge is -2.23. The van der Waals surface area contributed by atoms with E-state index in [0.29, 0.717) is 5.56 Å². The van der Waals surface area contributed by atoms with E-state index in [4.69, 9.17) is 16.6 Å². The maximum Gasteiger partial charge on any atom is 0.326 e. The van der Waals surface area contributed by atoms with Gasteiger partial charge in [0.15, 0.2) is 0 Å². The molecule has 0 aliphatic heterocycles. The van der Waals surface area contributed by atoms with Gasteiger partial charge in [0.25, 0.3) is 0 Å². The molecule has 14 heteroatoms. The summed E-state index contributed by atoms with van der Waals surface area (Å²) in [5.41, 5.74) is 11.0. The summed E-state index contributed by atoms with van der Waals surface area (Å²) in [4.78, 5) is 70.7. The molecule has 1 rings (SSSR count). The Morgan fingerprint density at radius 1 is 0.886 bits per heavy atom. The first-order valence-corrected chi connectivity index (χ1v) is 10.5. The molecule has 4 unspecified atom stereocenters. The van der Waals surface area contributed by atoms with E-state index >= 15 is 0 Å². The van der Waals surface area contributed by atoms with Crippen molar-refractivity contribution in [3.05, 3.63) is 29.8 Å². The molecular weight excluding hydrogens is 466 g/mol. The molecule has 0 spiro atoms. The smallest absolute Gasteiger partial charge is 0.326 e. The second-order valence-electron chi connectivity index (χ2n) is 7.77. The van der Waals surface area contributed by atoms with Crippen LogP contribution < -0.4 is 27.4 Å². The first-order chi connectivity index (χ1) is 16.3. The van der Waals surface area contributed by atoms with Crippen LogP contribution in [0.1, 0.15) is 31.7 Å². The van der Waals surface area contributed by atoms with Crippen molar-refractivity contribution >= 4 is 35.6 Å². The molecule has 0 aliphatic carbocycles. The lowest BCUT2D eigenvalue weighted by molar-refractivity contribution is -0.142. The summed E-state index contributed by atoms with van der Waals surface area (Å²) in [5.74, 6) is -6.14. The molecule has 4 amide bonds. The number of carboxylic acids is 2. The molecular formula is C21H29N5O9. The second kappa shape index (κ2) is 13.5. The molecule has 0 fully saturated rings. The van der Waals surface area contributed by atoms with Crippen molar-refractivity contribution in [2.24, 2.45) is 11.5 Å². The van der Waals surface area contributed by atoms with Crippen LogP contribution in [0, 0.1) is 0 Å². The predicted octanol–water partition coefficient (Wildman–Crippen LogP) is -2.44. The van der Waals surface area contributed by atoms with Gasteiger partial charge in [-0.3, -0.25) is 24.0 Å². The average Bonchev–Trinajstić information content (AvgIpc) is 2.76.